The average molecular weight is 284 g/mol. The van der Waals surface area contributed by atoms with Crippen LogP contribution < -0.4 is 5.32 Å². The molecule has 1 aliphatic rings. The zero-order chi connectivity index (χ0) is 15.0. The standard InChI is InChI=1S/C17H36N2O/c1-6-17(7-2,13-18-12-15(3)4)14-19(5)16-8-10-20-11-9-16/h15-16,18H,6-14H2,1-5H3. The topological polar surface area (TPSA) is 24.5 Å². The molecule has 0 unspecified atom stereocenters. The molecule has 120 valence electrons. The second-order valence-electron chi connectivity index (χ2n) is 6.99. The summed E-state index contributed by atoms with van der Waals surface area (Å²) in [7, 11) is 2.30. The second kappa shape index (κ2) is 9.01. The van der Waals surface area contributed by atoms with E-state index in [1.807, 2.05) is 0 Å². The molecule has 0 aliphatic carbocycles. The Morgan fingerprint density at radius 3 is 2.30 bits per heavy atom. The van der Waals surface area contributed by atoms with Crippen LogP contribution >= 0.6 is 0 Å². The van der Waals surface area contributed by atoms with E-state index >= 15 is 0 Å². The summed E-state index contributed by atoms with van der Waals surface area (Å²) in [6.45, 7) is 14.6. The van der Waals surface area contributed by atoms with Gasteiger partial charge in [-0.3, -0.25) is 0 Å². The molecule has 20 heavy (non-hydrogen) atoms. The van der Waals surface area contributed by atoms with Crippen molar-refractivity contribution in [2.24, 2.45) is 11.3 Å². The normalized spacial score (nSPS) is 18.1. The van der Waals surface area contributed by atoms with Gasteiger partial charge >= 0.3 is 0 Å². The molecule has 0 aromatic carbocycles. The highest BCUT2D eigenvalue weighted by molar-refractivity contribution is 4.85. The SMILES string of the molecule is CCC(CC)(CNCC(C)C)CN(C)C1CCOCC1. The van der Waals surface area contributed by atoms with Gasteiger partial charge in [0.15, 0.2) is 0 Å². The molecule has 1 N–H and O–H groups in total. The predicted molar refractivity (Wildman–Crippen MR) is 87.2 cm³/mol. The average Bonchev–Trinajstić information content (AvgIpc) is 2.46. The highest BCUT2D eigenvalue weighted by Crippen LogP contribution is 2.28. The minimum absolute atomic E-state index is 0.419. The molecule has 1 aliphatic heterocycles. The molecular weight excluding hydrogens is 248 g/mol. The maximum absolute atomic E-state index is 5.48. The van der Waals surface area contributed by atoms with Gasteiger partial charge in [0.25, 0.3) is 0 Å². The van der Waals surface area contributed by atoms with Crippen LogP contribution in [0.5, 0.6) is 0 Å². The van der Waals surface area contributed by atoms with Crippen molar-refractivity contribution in [3.8, 4) is 0 Å². The van der Waals surface area contributed by atoms with E-state index < -0.39 is 0 Å². The largest absolute Gasteiger partial charge is 0.381 e. The van der Waals surface area contributed by atoms with Crippen LogP contribution in [-0.4, -0.2) is 50.8 Å². The summed E-state index contributed by atoms with van der Waals surface area (Å²) in [6, 6.07) is 0.714. The van der Waals surface area contributed by atoms with Gasteiger partial charge in [-0.05, 0) is 50.6 Å². The van der Waals surface area contributed by atoms with Crippen LogP contribution in [0.1, 0.15) is 53.4 Å². The first-order chi connectivity index (χ1) is 9.53. The fraction of sp³-hybridized carbons (Fsp3) is 1.00. The van der Waals surface area contributed by atoms with Crippen LogP contribution in [0, 0.1) is 11.3 Å². The highest BCUT2D eigenvalue weighted by atomic mass is 16.5. The van der Waals surface area contributed by atoms with Gasteiger partial charge in [0.1, 0.15) is 0 Å². The zero-order valence-corrected chi connectivity index (χ0v) is 14.4. The van der Waals surface area contributed by atoms with Crippen molar-refractivity contribution in [3.05, 3.63) is 0 Å². The lowest BCUT2D eigenvalue weighted by Crippen LogP contribution is -2.47. The number of rotatable bonds is 9. The van der Waals surface area contributed by atoms with Crippen molar-refractivity contribution in [3.63, 3.8) is 0 Å². The number of nitrogens with zero attached hydrogens (tertiary/aromatic N) is 1. The molecule has 3 nitrogen and oxygen atoms in total. The molecule has 0 aromatic rings. The van der Waals surface area contributed by atoms with Gasteiger partial charge in [0, 0.05) is 32.3 Å². The Balaban J connectivity index is 2.50. The molecule has 1 fully saturated rings. The quantitative estimate of drug-likeness (QED) is 0.704. The summed E-state index contributed by atoms with van der Waals surface area (Å²) in [6.07, 6.45) is 4.89. The van der Waals surface area contributed by atoms with Crippen molar-refractivity contribution >= 4 is 0 Å². The van der Waals surface area contributed by atoms with Crippen molar-refractivity contribution in [2.45, 2.75) is 59.4 Å². The van der Waals surface area contributed by atoms with Gasteiger partial charge in [0.2, 0.25) is 0 Å². The van der Waals surface area contributed by atoms with Crippen LogP contribution in [0.25, 0.3) is 0 Å². The number of ether oxygens (including phenoxy) is 1. The molecule has 0 aromatic heterocycles. The van der Waals surface area contributed by atoms with E-state index in [4.69, 9.17) is 4.74 Å². The third-order valence-electron chi connectivity index (χ3n) is 4.95. The van der Waals surface area contributed by atoms with Gasteiger partial charge in [-0.1, -0.05) is 27.7 Å². The number of hydrogen-bond acceptors (Lipinski definition) is 3. The Kier molecular flexibility index (Phi) is 8.08. The first-order valence-corrected chi connectivity index (χ1v) is 8.51. The molecule has 3 heteroatoms. The molecular formula is C17H36N2O. The highest BCUT2D eigenvalue weighted by Gasteiger charge is 2.30. The number of nitrogens with one attached hydrogen (secondary N) is 1. The minimum atomic E-state index is 0.419. The maximum Gasteiger partial charge on any atom is 0.0480 e. The van der Waals surface area contributed by atoms with Gasteiger partial charge in [-0.25, -0.2) is 0 Å². The summed E-state index contributed by atoms with van der Waals surface area (Å²) in [5, 5.41) is 3.68. The molecule has 0 atom stereocenters. The fourth-order valence-electron chi connectivity index (χ4n) is 3.19. The lowest BCUT2D eigenvalue weighted by atomic mass is 9.81. The lowest BCUT2D eigenvalue weighted by molar-refractivity contribution is 0.0252. The predicted octanol–water partition coefficient (Wildman–Crippen LogP) is 3.15. The summed E-state index contributed by atoms with van der Waals surface area (Å²) >= 11 is 0. The monoisotopic (exact) mass is 284 g/mol. The van der Waals surface area contributed by atoms with E-state index in [1.54, 1.807) is 0 Å². The summed E-state index contributed by atoms with van der Waals surface area (Å²) in [5.74, 6) is 0.731. The Morgan fingerprint density at radius 1 is 1.20 bits per heavy atom. The first-order valence-electron chi connectivity index (χ1n) is 8.51. The van der Waals surface area contributed by atoms with Crippen LogP contribution in [0.4, 0.5) is 0 Å². The fourth-order valence-corrected chi connectivity index (χ4v) is 3.19. The van der Waals surface area contributed by atoms with Crippen LogP contribution in [-0.2, 0) is 4.74 Å². The van der Waals surface area contributed by atoms with E-state index in [9.17, 15) is 0 Å². The Hall–Kier alpha value is -0.120. The first kappa shape index (κ1) is 17.9. The molecule has 0 radical (unpaired) electrons. The molecule has 1 saturated heterocycles. The van der Waals surface area contributed by atoms with Crippen molar-refractivity contribution in [1.82, 2.24) is 10.2 Å². The second-order valence-corrected chi connectivity index (χ2v) is 6.99. The van der Waals surface area contributed by atoms with Gasteiger partial charge in [0.05, 0.1) is 0 Å². The summed E-state index contributed by atoms with van der Waals surface area (Å²) < 4.78 is 5.48. The molecule has 0 spiro atoms. The van der Waals surface area contributed by atoms with Crippen LogP contribution in [0.2, 0.25) is 0 Å². The van der Waals surface area contributed by atoms with Gasteiger partial charge in [-0.2, -0.15) is 0 Å². The van der Waals surface area contributed by atoms with E-state index in [0.717, 1.165) is 32.2 Å². The summed E-state index contributed by atoms with van der Waals surface area (Å²) in [4.78, 5) is 2.59. The third-order valence-corrected chi connectivity index (χ3v) is 4.95. The van der Waals surface area contributed by atoms with Crippen LogP contribution in [0.15, 0.2) is 0 Å². The van der Waals surface area contributed by atoms with Gasteiger partial charge < -0.3 is 15.0 Å². The molecule has 0 saturated carbocycles. The Morgan fingerprint density at radius 2 is 1.80 bits per heavy atom. The third kappa shape index (κ3) is 5.71. The van der Waals surface area contributed by atoms with Crippen molar-refractivity contribution in [1.29, 1.82) is 0 Å². The zero-order valence-electron chi connectivity index (χ0n) is 14.4. The smallest absolute Gasteiger partial charge is 0.0480 e. The molecule has 1 heterocycles. The van der Waals surface area contributed by atoms with Crippen molar-refractivity contribution < 1.29 is 4.74 Å². The van der Waals surface area contributed by atoms with Crippen LogP contribution in [0.3, 0.4) is 0 Å². The molecule has 1 rings (SSSR count). The van der Waals surface area contributed by atoms with E-state index in [2.05, 4.69) is 45.0 Å². The molecule has 0 amide bonds. The molecule has 0 bridgehead atoms. The van der Waals surface area contributed by atoms with Crippen molar-refractivity contribution in [2.75, 3.05) is 39.9 Å². The van der Waals surface area contributed by atoms with E-state index in [0.29, 0.717) is 11.5 Å². The Labute approximate surface area is 126 Å². The lowest BCUT2D eigenvalue weighted by Gasteiger charge is -2.40. The number of hydrogen-bond donors (Lipinski definition) is 1. The minimum Gasteiger partial charge on any atom is -0.381 e. The Bertz CT molecular complexity index is 245. The summed E-state index contributed by atoms with van der Waals surface area (Å²) in [5.41, 5.74) is 0.419. The van der Waals surface area contributed by atoms with E-state index in [-0.39, 0.29) is 0 Å². The maximum atomic E-state index is 5.48. The van der Waals surface area contributed by atoms with E-state index in [1.165, 1.54) is 32.2 Å². The van der Waals surface area contributed by atoms with Gasteiger partial charge in [-0.15, -0.1) is 0 Å².